The van der Waals surface area contributed by atoms with Gasteiger partial charge < -0.3 is 10.1 Å². The number of hydrogen-bond donors (Lipinski definition) is 1. The van der Waals surface area contributed by atoms with Crippen LogP contribution in [0.25, 0.3) is 0 Å². The van der Waals surface area contributed by atoms with Crippen LogP contribution < -0.4 is 15.0 Å². The summed E-state index contributed by atoms with van der Waals surface area (Å²) < 4.78 is 5.92. The number of amides is 2. The fourth-order valence-electron chi connectivity index (χ4n) is 3.42. The van der Waals surface area contributed by atoms with Crippen LogP contribution in [0.3, 0.4) is 0 Å². The van der Waals surface area contributed by atoms with Gasteiger partial charge in [-0.15, -0.1) is 0 Å². The van der Waals surface area contributed by atoms with Gasteiger partial charge in [-0.1, -0.05) is 30.3 Å². The van der Waals surface area contributed by atoms with Crippen molar-refractivity contribution in [2.45, 2.75) is 40.2 Å². The van der Waals surface area contributed by atoms with Gasteiger partial charge in [0.05, 0.1) is 6.54 Å². The number of anilines is 1. The third kappa shape index (κ3) is 3.48. The van der Waals surface area contributed by atoms with E-state index in [9.17, 15) is 4.79 Å². The second-order valence-electron chi connectivity index (χ2n) is 6.79. The Labute approximate surface area is 149 Å². The van der Waals surface area contributed by atoms with Gasteiger partial charge in [0.2, 0.25) is 0 Å². The van der Waals surface area contributed by atoms with Crippen molar-refractivity contribution in [2.24, 2.45) is 0 Å². The summed E-state index contributed by atoms with van der Waals surface area (Å²) in [7, 11) is 0. The number of nitrogens with zero attached hydrogens (tertiary/aromatic N) is 1. The van der Waals surface area contributed by atoms with Gasteiger partial charge in [0.1, 0.15) is 12.4 Å². The van der Waals surface area contributed by atoms with E-state index in [1.807, 2.05) is 30.0 Å². The van der Waals surface area contributed by atoms with Crippen molar-refractivity contribution in [3.63, 3.8) is 0 Å². The molecule has 0 aliphatic carbocycles. The maximum atomic E-state index is 12.6. The topological polar surface area (TPSA) is 41.6 Å². The smallest absolute Gasteiger partial charge is 0.322 e. The first-order valence-electron chi connectivity index (χ1n) is 8.83. The van der Waals surface area contributed by atoms with E-state index in [1.54, 1.807) is 0 Å². The van der Waals surface area contributed by atoms with E-state index in [4.69, 9.17) is 4.74 Å². The average molecular weight is 338 g/mol. The normalized spacial score (nSPS) is 15.8. The number of hydrogen-bond acceptors (Lipinski definition) is 2. The van der Waals surface area contributed by atoms with Crippen LogP contribution in [0.4, 0.5) is 10.5 Å². The van der Waals surface area contributed by atoms with Crippen molar-refractivity contribution < 1.29 is 9.53 Å². The van der Waals surface area contributed by atoms with E-state index in [-0.39, 0.29) is 12.1 Å². The van der Waals surface area contributed by atoms with Crippen LogP contribution in [0.2, 0.25) is 0 Å². The van der Waals surface area contributed by atoms with Crippen LogP contribution >= 0.6 is 0 Å². The quantitative estimate of drug-likeness (QED) is 0.851. The summed E-state index contributed by atoms with van der Waals surface area (Å²) in [6, 6.07) is 12.4. The zero-order valence-corrected chi connectivity index (χ0v) is 15.4. The molecule has 1 N–H and O–H groups in total. The molecular formula is C21H26N2O2. The second kappa shape index (κ2) is 7.18. The number of urea groups is 1. The van der Waals surface area contributed by atoms with E-state index in [0.717, 1.165) is 29.0 Å². The zero-order chi connectivity index (χ0) is 18.0. The van der Waals surface area contributed by atoms with Gasteiger partial charge in [0, 0.05) is 11.7 Å². The van der Waals surface area contributed by atoms with Crippen LogP contribution in [0, 0.1) is 20.8 Å². The number of nitrogens with one attached hydrogen (secondary N) is 1. The molecular weight excluding hydrogens is 312 g/mol. The molecule has 2 amide bonds. The Hall–Kier alpha value is -2.49. The number of rotatable bonds is 4. The van der Waals surface area contributed by atoms with Crippen molar-refractivity contribution in [1.29, 1.82) is 0 Å². The molecule has 0 bridgehead atoms. The Morgan fingerprint density at radius 2 is 1.88 bits per heavy atom. The number of benzene rings is 2. The van der Waals surface area contributed by atoms with E-state index in [0.29, 0.717) is 13.2 Å². The molecule has 1 aliphatic rings. The molecule has 0 saturated heterocycles. The fourth-order valence-corrected chi connectivity index (χ4v) is 3.42. The molecule has 4 nitrogen and oxygen atoms in total. The summed E-state index contributed by atoms with van der Waals surface area (Å²) in [5, 5.41) is 2.98. The first-order chi connectivity index (χ1) is 12.0. The highest BCUT2D eigenvalue weighted by atomic mass is 16.5. The molecule has 2 aromatic carbocycles. The van der Waals surface area contributed by atoms with E-state index in [1.165, 1.54) is 11.1 Å². The Morgan fingerprint density at radius 3 is 2.68 bits per heavy atom. The third-order valence-electron chi connectivity index (χ3n) is 4.92. The highest BCUT2D eigenvalue weighted by Gasteiger charge is 2.30. The van der Waals surface area contributed by atoms with Crippen molar-refractivity contribution in [3.05, 3.63) is 58.7 Å². The molecule has 0 radical (unpaired) electrons. The molecule has 132 valence electrons. The first kappa shape index (κ1) is 17.3. The monoisotopic (exact) mass is 338 g/mol. The minimum absolute atomic E-state index is 0.0567. The minimum Gasteiger partial charge on any atom is -0.491 e. The van der Waals surface area contributed by atoms with Gasteiger partial charge >= 0.3 is 6.03 Å². The SMILES string of the molecule is Cc1ccc(C)c(OCCNC(=O)N2c3ccccc3CC2C)c1C. The molecule has 25 heavy (non-hydrogen) atoms. The molecule has 1 unspecified atom stereocenters. The van der Waals surface area contributed by atoms with E-state index >= 15 is 0 Å². The molecule has 4 heteroatoms. The van der Waals surface area contributed by atoms with Crippen LogP contribution in [-0.4, -0.2) is 25.2 Å². The summed E-state index contributed by atoms with van der Waals surface area (Å²) in [5.74, 6) is 0.925. The van der Waals surface area contributed by atoms with Crippen molar-refractivity contribution in [3.8, 4) is 5.75 Å². The lowest BCUT2D eigenvalue weighted by Crippen LogP contribution is -2.44. The average Bonchev–Trinajstić information content (AvgIpc) is 2.93. The molecule has 1 atom stereocenters. The lowest BCUT2D eigenvalue weighted by molar-refractivity contribution is 0.240. The van der Waals surface area contributed by atoms with E-state index in [2.05, 4.69) is 44.3 Å². The molecule has 0 spiro atoms. The largest absolute Gasteiger partial charge is 0.491 e. The molecule has 2 aromatic rings. The van der Waals surface area contributed by atoms with Gasteiger partial charge in [-0.25, -0.2) is 4.79 Å². The van der Waals surface area contributed by atoms with Gasteiger partial charge in [-0.2, -0.15) is 0 Å². The van der Waals surface area contributed by atoms with Crippen LogP contribution in [-0.2, 0) is 6.42 Å². The van der Waals surface area contributed by atoms with Gasteiger partial charge in [-0.05, 0) is 62.4 Å². The van der Waals surface area contributed by atoms with E-state index < -0.39 is 0 Å². The molecule has 1 aliphatic heterocycles. The van der Waals surface area contributed by atoms with Crippen molar-refractivity contribution in [1.82, 2.24) is 5.32 Å². The Morgan fingerprint density at radius 1 is 1.16 bits per heavy atom. The van der Waals surface area contributed by atoms with Gasteiger partial charge in [-0.3, -0.25) is 4.90 Å². The maximum Gasteiger partial charge on any atom is 0.322 e. The number of ether oxygens (including phenoxy) is 1. The standard InChI is InChI=1S/C21H26N2O2/c1-14-9-10-15(2)20(17(14)4)25-12-11-22-21(24)23-16(3)13-18-7-5-6-8-19(18)23/h5-10,16H,11-13H2,1-4H3,(H,22,24). The summed E-state index contributed by atoms with van der Waals surface area (Å²) in [6.07, 6.45) is 0.905. The van der Waals surface area contributed by atoms with Crippen LogP contribution in [0.15, 0.2) is 36.4 Å². The Balaban J connectivity index is 1.57. The van der Waals surface area contributed by atoms with Crippen molar-refractivity contribution in [2.75, 3.05) is 18.1 Å². The van der Waals surface area contributed by atoms with Crippen LogP contribution in [0.5, 0.6) is 5.75 Å². The molecule has 0 saturated carbocycles. The number of para-hydroxylation sites is 1. The fraction of sp³-hybridized carbons (Fsp3) is 0.381. The second-order valence-corrected chi connectivity index (χ2v) is 6.79. The third-order valence-corrected chi connectivity index (χ3v) is 4.92. The lowest BCUT2D eigenvalue weighted by atomic mass is 10.1. The number of fused-ring (bicyclic) bond motifs is 1. The van der Waals surface area contributed by atoms with Crippen LogP contribution in [0.1, 0.15) is 29.2 Å². The minimum atomic E-state index is -0.0567. The van der Waals surface area contributed by atoms with Gasteiger partial charge in [0.15, 0.2) is 0 Å². The van der Waals surface area contributed by atoms with Crippen molar-refractivity contribution >= 4 is 11.7 Å². The summed E-state index contributed by atoms with van der Waals surface area (Å²) in [6.45, 7) is 9.21. The predicted octanol–water partition coefficient (Wildman–Crippen LogP) is 4.15. The highest BCUT2D eigenvalue weighted by molar-refractivity contribution is 5.94. The Kier molecular flexibility index (Phi) is 4.98. The highest BCUT2D eigenvalue weighted by Crippen LogP contribution is 2.31. The molecule has 0 fully saturated rings. The first-order valence-corrected chi connectivity index (χ1v) is 8.83. The molecule has 1 heterocycles. The van der Waals surface area contributed by atoms with Gasteiger partial charge in [0.25, 0.3) is 0 Å². The predicted molar refractivity (Wildman–Crippen MR) is 102 cm³/mol. The summed E-state index contributed by atoms with van der Waals surface area (Å²) in [5.41, 5.74) is 5.74. The maximum absolute atomic E-state index is 12.6. The number of aryl methyl sites for hydroxylation is 2. The summed E-state index contributed by atoms with van der Waals surface area (Å²) in [4.78, 5) is 14.4. The number of carbonyl (C=O) groups is 1. The lowest BCUT2D eigenvalue weighted by Gasteiger charge is -2.23. The Bertz CT molecular complexity index is 785. The summed E-state index contributed by atoms with van der Waals surface area (Å²) >= 11 is 0. The molecule has 3 rings (SSSR count). The zero-order valence-electron chi connectivity index (χ0n) is 15.4. The number of carbonyl (C=O) groups excluding carboxylic acids is 1. The molecule has 0 aromatic heterocycles.